The van der Waals surface area contributed by atoms with Crippen molar-refractivity contribution in [1.82, 2.24) is 4.90 Å². The summed E-state index contributed by atoms with van der Waals surface area (Å²) >= 11 is 0. The molecule has 0 unspecified atom stereocenters. The van der Waals surface area contributed by atoms with Crippen molar-refractivity contribution in [1.29, 1.82) is 0 Å². The minimum Gasteiger partial charge on any atom is -0.488 e. The molecule has 72 valence electrons. The van der Waals surface area contributed by atoms with Crippen molar-refractivity contribution in [2.75, 3.05) is 19.7 Å². The number of rotatable bonds is 1. The first-order chi connectivity index (χ1) is 6.27. The Hall–Kier alpha value is -0.990. The van der Waals surface area contributed by atoms with Crippen LogP contribution in [0.3, 0.4) is 0 Å². The van der Waals surface area contributed by atoms with Gasteiger partial charge in [0.05, 0.1) is 6.61 Å². The molecule has 0 radical (unpaired) electrons. The zero-order valence-electron chi connectivity index (χ0n) is 7.95. The van der Waals surface area contributed by atoms with Crippen molar-refractivity contribution in [3.05, 3.63) is 11.8 Å². The van der Waals surface area contributed by atoms with Crippen molar-refractivity contribution < 1.29 is 9.53 Å². The van der Waals surface area contributed by atoms with Gasteiger partial charge in [0, 0.05) is 13.1 Å². The van der Waals surface area contributed by atoms with E-state index in [9.17, 15) is 4.79 Å². The minimum atomic E-state index is 0.0813. The molecule has 2 aliphatic heterocycles. The number of amides is 1. The summed E-state index contributed by atoms with van der Waals surface area (Å²) in [4.78, 5) is 13.5. The molecule has 2 heterocycles. The second kappa shape index (κ2) is 3.40. The van der Waals surface area contributed by atoms with Gasteiger partial charge < -0.3 is 9.64 Å². The lowest BCUT2D eigenvalue weighted by Crippen LogP contribution is -2.49. The van der Waals surface area contributed by atoms with Crippen LogP contribution in [-0.4, -0.2) is 30.5 Å². The smallest absolute Gasteiger partial charge is 0.288 e. The Morgan fingerprint density at radius 3 is 2.92 bits per heavy atom. The molecule has 0 aromatic heterocycles. The average molecular weight is 181 g/mol. The van der Waals surface area contributed by atoms with Crippen LogP contribution in [0.1, 0.15) is 19.8 Å². The fraction of sp³-hybridized carbons (Fsp3) is 0.700. The van der Waals surface area contributed by atoms with E-state index in [-0.39, 0.29) is 5.91 Å². The molecule has 2 rings (SSSR count). The number of hydrogen-bond acceptors (Lipinski definition) is 2. The fourth-order valence-corrected chi connectivity index (χ4v) is 1.73. The average Bonchev–Trinajstić information content (AvgIpc) is 2.13. The zero-order chi connectivity index (χ0) is 9.26. The van der Waals surface area contributed by atoms with Crippen LogP contribution >= 0.6 is 0 Å². The topological polar surface area (TPSA) is 29.5 Å². The van der Waals surface area contributed by atoms with Crippen LogP contribution in [0.2, 0.25) is 0 Å². The quantitative estimate of drug-likeness (QED) is 0.607. The molecule has 1 saturated heterocycles. The molecule has 0 N–H and O–H groups in total. The summed E-state index contributed by atoms with van der Waals surface area (Å²) < 4.78 is 5.30. The lowest BCUT2D eigenvalue weighted by molar-refractivity contribution is -0.137. The molecule has 13 heavy (non-hydrogen) atoms. The SMILES string of the molecule is CC1CN(C(=O)C2=CCCCO2)C1. The number of carbonyl (C=O) groups excluding carboxylic acids is 1. The Morgan fingerprint density at radius 1 is 1.62 bits per heavy atom. The summed E-state index contributed by atoms with van der Waals surface area (Å²) in [6.45, 7) is 4.62. The predicted molar refractivity (Wildman–Crippen MR) is 49.0 cm³/mol. The molecule has 3 heteroatoms. The molecule has 2 aliphatic rings. The Bertz CT molecular complexity index is 241. The lowest BCUT2D eigenvalue weighted by Gasteiger charge is -2.37. The summed E-state index contributed by atoms with van der Waals surface area (Å²) in [5.74, 6) is 1.31. The van der Waals surface area contributed by atoms with Crippen LogP contribution in [0.4, 0.5) is 0 Å². The van der Waals surface area contributed by atoms with Crippen molar-refractivity contribution in [2.24, 2.45) is 5.92 Å². The first kappa shape index (κ1) is 8.60. The van der Waals surface area contributed by atoms with Crippen molar-refractivity contribution in [2.45, 2.75) is 19.8 Å². The summed E-state index contributed by atoms with van der Waals surface area (Å²) in [5, 5.41) is 0. The van der Waals surface area contributed by atoms with E-state index in [1.807, 2.05) is 11.0 Å². The largest absolute Gasteiger partial charge is 0.488 e. The molecule has 1 fully saturated rings. The van der Waals surface area contributed by atoms with Crippen molar-refractivity contribution in [3.63, 3.8) is 0 Å². The number of allylic oxidation sites excluding steroid dienone is 1. The van der Waals surface area contributed by atoms with E-state index in [2.05, 4.69) is 6.92 Å². The third kappa shape index (κ3) is 1.69. The number of ether oxygens (including phenoxy) is 1. The lowest BCUT2D eigenvalue weighted by atomic mass is 10.0. The Morgan fingerprint density at radius 2 is 2.38 bits per heavy atom. The van der Waals surface area contributed by atoms with E-state index in [1.54, 1.807) is 0 Å². The number of carbonyl (C=O) groups is 1. The zero-order valence-corrected chi connectivity index (χ0v) is 7.95. The Kier molecular flexibility index (Phi) is 2.25. The monoisotopic (exact) mass is 181 g/mol. The van der Waals surface area contributed by atoms with Crippen LogP contribution in [0.5, 0.6) is 0 Å². The summed E-state index contributed by atoms with van der Waals surface area (Å²) in [6, 6.07) is 0. The van der Waals surface area contributed by atoms with Gasteiger partial charge in [-0.1, -0.05) is 6.92 Å². The van der Waals surface area contributed by atoms with E-state index in [0.29, 0.717) is 18.3 Å². The number of likely N-dealkylation sites (tertiary alicyclic amines) is 1. The minimum absolute atomic E-state index is 0.0813. The van der Waals surface area contributed by atoms with Gasteiger partial charge in [-0.2, -0.15) is 0 Å². The van der Waals surface area contributed by atoms with E-state index in [0.717, 1.165) is 25.9 Å². The number of hydrogen-bond donors (Lipinski definition) is 0. The standard InChI is InChI=1S/C10H15NO2/c1-8-6-11(7-8)10(12)9-4-2-3-5-13-9/h4,8H,2-3,5-7H2,1H3. The predicted octanol–water partition coefficient (Wildman–Crippen LogP) is 1.16. The molecule has 0 saturated carbocycles. The maximum absolute atomic E-state index is 11.7. The summed E-state index contributed by atoms with van der Waals surface area (Å²) in [7, 11) is 0. The molecule has 3 nitrogen and oxygen atoms in total. The third-order valence-corrected chi connectivity index (χ3v) is 2.50. The van der Waals surface area contributed by atoms with Crippen LogP contribution in [-0.2, 0) is 9.53 Å². The first-order valence-electron chi connectivity index (χ1n) is 4.89. The van der Waals surface area contributed by atoms with Gasteiger partial charge in [0.15, 0.2) is 5.76 Å². The molecule has 0 bridgehead atoms. The van der Waals surface area contributed by atoms with Gasteiger partial charge in [-0.3, -0.25) is 4.79 Å². The molecular weight excluding hydrogens is 166 g/mol. The van der Waals surface area contributed by atoms with Gasteiger partial charge in [0.1, 0.15) is 0 Å². The fourth-order valence-electron chi connectivity index (χ4n) is 1.73. The van der Waals surface area contributed by atoms with Crippen LogP contribution in [0.15, 0.2) is 11.8 Å². The molecule has 0 atom stereocenters. The molecule has 1 amide bonds. The molecule has 0 spiro atoms. The molecule has 0 aromatic carbocycles. The van der Waals surface area contributed by atoms with Gasteiger partial charge in [-0.15, -0.1) is 0 Å². The van der Waals surface area contributed by atoms with Crippen molar-refractivity contribution in [3.8, 4) is 0 Å². The van der Waals surface area contributed by atoms with E-state index in [1.165, 1.54) is 0 Å². The third-order valence-electron chi connectivity index (χ3n) is 2.50. The highest BCUT2D eigenvalue weighted by molar-refractivity contribution is 5.92. The highest BCUT2D eigenvalue weighted by atomic mass is 16.5. The molecule has 0 aromatic rings. The van der Waals surface area contributed by atoms with E-state index >= 15 is 0 Å². The summed E-state index contributed by atoms with van der Waals surface area (Å²) in [6.07, 6.45) is 3.92. The van der Waals surface area contributed by atoms with Gasteiger partial charge in [-0.05, 0) is 24.8 Å². The van der Waals surface area contributed by atoms with E-state index in [4.69, 9.17) is 4.74 Å². The summed E-state index contributed by atoms with van der Waals surface area (Å²) in [5.41, 5.74) is 0. The second-order valence-electron chi connectivity index (χ2n) is 3.87. The first-order valence-corrected chi connectivity index (χ1v) is 4.89. The van der Waals surface area contributed by atoms with Gasteiger partial charge in [0.2, 0.25) is 0 Å². The van der Waals surface area contributed by atoms with Crippen LogP contribution in [0, 0.1) is 5.92 Å². The highest BCUT2D eigenvalue weighted by Crippen LogP contribution is 2.19. The van der Waals surface area contributed by atoms with Crippen LogP contribution < -0.4 is 0 Å². The Balaban J connectivity index is 1.93. The maximum atomic E-state index is 11.7. The Labute approximate surface area is 78.4 Å². The highest BCUT2D eigenvalue weighted by Gasteiger charge is 2.30. The maximum Gasteiger partial charge on any atom is 0.288 e. The van der Waals surface area contributed by atoms with E-state index < -0.39 is 0 Å². The van der Waals surface area contributed by atoms with Crippen molar-refractivity contribution >= 4 is 5.91 Å². The normalized spacial score (nSPS) is 23.2. The van der Waals surface area contributed by atoms with Crippen LogP contribution in [0.25, 0.3) is 0 Å². The van der Waals surface area contributed by atoms with Gasteiger partial charge in [0.25, 0.3) is 5.91 Å². The van der Waals surface area contributed by atoms with Gasteiger partial charge in [-0.25, -0.2) is 0 Å². The number of nitrogens with zero attached hydrogens (tertiary/aromatic N) is 1. The molecular formula is C10H15NO2. The molecule has 0 aliphatic carbocycles. The second-order valence-corrected chi connectivity index (χ2v) is 3.87. The van der Waals surface area contributed by atoms with Gasteiger partial charge >= 0.3 is 0 Å².